The zero-order valence-electron chi connectivity index (χ0n) is 12.3. The van der Waals surface area contributed by atoms with Crippen molar-refractivity contribution < 1.29 is 18.9 Å². The SMILES string of the molecule is O=P(O)(O)Cc1ccc(-[n+]2ccc(-c3ccncc3)cc2)cc1. The van der Waals surface area contributed by atoms with E-state index >= 15 is 0 Å². The second kappa shape index (κ2) is 6.42. The number of hydrogen-bond acceptors (Lipinski definition) is 2. The van der Waals surface area contributed by atoms with E-state index in [4.69, 9.17) is 9.79 Å². The van der Waals surface area contributed by atoms with Crippen LogP contribution in [-0.4, -0.2) is 14.8 Å². The van der Waals surface area contributed by atoms with Crippen molar-refractivity contribution in [2.24, 2.45) is 0 Å². The normalized spacial score (nSPS) is 11.4. The van der Waals surface area contributed by atoms with E-state index < -0.39 is 7.60 Å². The molecular formula is C17H16N2O3P+. The lowest BCUT2D eigenvalue weighted by atomic mass is 10.1. The third-order valence-corrected chi connectivity index (χ3v) is 4.24. The fourth-order valence-corrected chi connectivity index (χ4v) is 3.03. The van der Waals surface area contributed by atoms with Crippen molar-refractivity contribution in [3.63, 3.8) is 0 Å². The van der Waals surface area contributed by atoms with Gasteiger partial charge < -0.3 is 9.79 Å². The zero-order chi connectivity index (χ0) is 16.3. The number of benzene rings is 1. The second-order valence-corrected chi connectivity index (χ2v) is 6.86. The smallest absolute Gasteiger partial charge is 0.324 e. The van der Waals surface area contributed by atoms with Crippen LogP contribution in [0.3, 0.4) is 0 Å². The minimum atomic E-state index is -4.03. The van der Waals surface area contributed by atoms with Crippen LogP contribution in [0, 0.1) is 0 Å². The van der Waals surface area contributed by atoms with Gasteiger partial charge in [0.15, 0.2) is 12.4 Å². The summed E-state index contributed by atoms with van der Waals surface area (Å²) in [5.74, 6) is 0. The molecule has 1 aromatic carbocycles. The van der Waals surface area contributed by atoms with Crippen LogP contribution in [0.25, 0.3) is 16.8 Å². The van der Waals surface area contributed by atoms with E-state index in [1.54, 1.807) is 24.5 Å². The van der Waals surface area contributed by atoms with E-state index in [2.05, 4.69) is 4.98 Å². The van der Waals surface area contributed by atoms with Gasteiger partial charge in [-0.2, -0.15) is 4.57 Å². The fraction of sp³-hybridized carbons (Fsp3) is 0.0588. The first-order valence-electron chi connectivity index (χ1n) is 7.07. The predicted octanol–water partition coefficient (Wildman–Crippen LogP) is 2.70. The third-order valence-electron chi connectivity index (χ3n) is 3.47. The van der Waals surface area contributed by atoms with Gasteiger partial charge in [0.1, 0.15) is 0 Å². The van der Waals surface area contributed by atoms with E-state index in [9.17, 15) is 4.57 Å². The first kappa shape index (κ1) is 15.6. The van der Waals surface area contributed by atoms with Crippen molar-refractivity contribution in [2.75, 3.05) is 0 Å². The zero-order valence-corrected chi connectivity index (χ0v) is 13.2. The highest BCUT2D eigenvalue weighted by atomic mass is 31.2. The third kappa shape index (κ3) is 4.11. The van der Waals surface area contributed by atoms with E-state index in [1.165, 1.54) is 0 Å². The van der Waals surface area contributed by atoms with Gasteiger partial charge in [-0.25, -0.2) is 0 Å². The first-order valence-corrected chi connectivity index (χ1v) is 8.87. The molecule has 0 saturated heterocycles. The molecule has 0 radical (unpaired) electrons. The topological polar surface area (TPSA) is 74.3 Å². The van der Waals surface area contributed by atoms with Gasteiger partial charge in [0.25, 0.3) is 0 Å². The van der Waals surface area contributed by atoms with Gasteiger partial charge in [0.2, 0.25) is 5.69 Å². The Kier molecular flexibility index (Phi) is 4.35. The van der Waals surface area contributed by atoms with Crippen molar-refractivity contribution in [2.45, 2.75) is 6.16 Å². The van der Waals surface area contributed by atoms with Gasteiger partial charge in [0, 0.05) is 36.7 Å². The summed E-state index contributed by atoms with van der Waals surface area (Å²) in [6, 6.07) is 15.1. The van der Waals surface area contributed by atoms with E-state index in [-0.39, 0.29) is 6.16 Å². The molecule has 0 aliphatic carbocycles. The maximum Gasteiger partial charge on any atom is 0.329 e. The highest BCUT2D eigenvalue weighted by molar-refractivity contribution is 7.50. The van der Waals surface area contributed by atoms with Gasteiger partial charge in [-0.1, -0.05) is 12.1 Å². The Morgan fingerprint density at radius 3 is 2.00 bits per heavy atom. The molecule has 0 bridgehead atoms. The molecule has 6 heteroatoms. The van der Waals surface area contributed by atoms with Crippen molar-refractivity contribution in [1.29, 1.82) is 0 Å². The Bertz CT molecular complexity index is 828. The summed E-state index contributed by atoms with van der Waals surface area (Å²) >= 11 is 0. The summed E-state index contributed by atoms with van der Waals surface area (Å²) < 4.78 is 13.0. The van der Waals surface area contributed by atoms with Crippen LogP contribution in [0.4, 0.5) is 0 Å². The number of rotatable bonds is 4. The van der Waals surface area contributed by atoms with Crippen LogP contribution in [0.2, 0.25) is 0 Å². The van der Waals surface area contributed by atoms with Gasteiger partial charge in [-0.15, -0.1) is 0 Å². The van der Waals surface area contributed by atoms with Gasteiger partial charge in [-0.05, 0) is 28.8 Å². The maximum atomic E-state index is 11.0. The minimum absolute atomic E-state index is 0.237. The van der Waals surface area contributed by atoms with Gasteiger partial charge in [0.05, 0.1) is 6.16 Å². The molecule has 0 amide bonds. The predicted molar refractivity (Wildman–Crippen MR) is 87.0 cm³/mol. The molecule has 3 aromatic rings. The molecule has 2 heterocycles. The Balaban J connectivity index is 1.81. The average Bonchev–Trinajstić information content (AvgIpc) is 2.55. The summed E-state index contributed by atoms with van der Waals surface area (Å²) in [6.07, 6.45) is 7.19. The van der Waals surface area contributed by atoms with Gasteiger partial charge >= 0.3 is 7.60 Å². The summed E-state index contributed by atoms with van der Waals surface area (Å²) in [6.45, 7) is 0. The largest absolute Gasteiger partial charge is 0.329 e. The van der Waals surface area contributed by atoms with Crippen LogP contribution in [-0.2, 0) is 10.7 Å². The average molecular weight is 327 g/mol. The monoisotopic (exact) mass is 327 g/mol. The Labute approximate surface area is 134 Å². The van der Waals surface area contributed by atoms with Crippen molar-refractivity contribution in [1.82, 2.24) is 4.98 Å². The molecule has 0 saturated carbocycles. The summed E-state index contributed by atoms with van der Waals surface area (Å²) in [5, 5.41) is 0. The van der Waals surface area contributed by atoms with Crippen LogP contribution < -0.4 is 4.57 Å². The molecule has 2 N–H and O–H groups in total. The Morgan fingerprint density at radius 1 is 0.870 bits per heavy atom. The lowest BCUT2D eigenvalue weighted by Crippen LogP contribution is -2.29. The molecule has 5 nitrogen and oxygen atoms in total. The quantitative estimate of drug-likeness (QED) is 0.571. The molecule has 0 fully saturated rings. The van der Waals surface area contributed by atoms with Crippen LogP contribution in [0.15, 0.2) is 73.3 Å². The number of nitrogens with zero attached hydrogens (tertiary/aromatic N) is 2. The van der Waals surface area contributed by atoms with E-state index in [0.29, 0.717) is 5.56 Å². The Morgan fingerprint density at radius 2 is 1.43 bits per heavy atom. The number of hydrogen-bond donors (Lipinski definition) is 2. The molecule has 0 spiro atoms. The number of aromatic nitrogens is 2. The Hall–Kier alpha value is -2.33. The summed E-state index contributed by atoms with van der Waals surface area (Å²) in [5.41, 5.74) is 3.75. The van der Waals surface area contributed by atoms with Crippen molar-refractivity contribution in [3.05, 3.63) is 78.9 Å². The molecule has 2 aromatic heterocycles. The molecule has 3 rings (SSSR count). The standard InChI is InChI=1S/C17H15N2O3P/c20-23(21,22)13-14-1-3-17(4-2-14)19-11-7-16(8-12-19)15-5-9-18-10-6-15/h1-12H,13H2,(H-,20,21,22)/p+1. The van der Waals surface area contributed by atoms with Gasteiger partial charge in [-0.3, -0.25) is 9.55 Å². The van der Waals surface area contributed by atoms with Crippen LogP contribution in [0.5, 0.6) is 0 Å². The molecule has 116 valence electrons. The molecular weight excluding hydrogens is 311 g/mol. The summed E-state index contributed by atoms with van der Waals surface area (Å²) in [4.78, 5) is 22.0. The highest BCUT2D eigenvalue weighted by Gasteiger charge is 2.14. The first-order chi connectivity index (χ1) is 11.0. The maximum absolute atomic E-state index is 11.0. The van der Waals surface area contributed by atoms with Crippen molar-refractivity contribution in [3.8, 4) is 16.8 Å². The van der Waals surface area contributed by atoms with Crippen LogP contribution >= 0.6 is 7.60 Å². The molecule has 0 aliphatic rings. The van der Waals surface area contributed by atoms with E-state index in [1.807, 2.05) is 53.4 Å². The van der Waals surface area contributed by atoms with Crippen LogP contribution in [0.1, 0.15) is 5.56 Å². The lowest BCUT2D eigenvalue weighted by Gasteiger charge is -2.04. The fourth-order valence-electron chi connectivity index (χ4n) is 2.35. The molecule has 0 atom stereocenters. The highest BCUT2D eigenvalue weighted by Crippen LogP contribution is 2.38. The lowest BCUT2D eigenvalue weighted by molar-refractivity contribution is -0.595. The number of pyridine rings is 2. The molecule has 0 aliphatic heterocycles. The summed E-state index contributed by atoms with van der Waals surface area (Å²) in [7, 11) is -4.03. The molecule has 0 unspecified atom stereocenters. The van der Waals surface area contributed by atoms with E-state index in [0.717, 1.165) is 16.8 Å². The second-order valence-electron chi connectivity index (χ2n) is 5.22. The minimum Gasteiger partial charge on any atom is -0.324 e. The molecule has 23 heavy (non-hydrogen) atoms. The van der Waals surface area contributed by atoms with Crippen molar-refractivity contribution >= 4 is 7.60 Å².